The van der Waals surface area contributed by atoms with Gasteiger partial charge in [-0.15, -0.1) is 10.2 Å². The summed E-state index contributed by atoms with van der Waals surface area (Å²) in [5.41, 5.74) is 1.52. The molecule has 1 saturated heterocycles. The standard InChI is InChI=1S/C17H16N6O2/c18-11-13-2-1-3-14(10-13)19-16-5-4-15(20-21-16)17(25)23-8-6-22(12-24)7-9-23/h1-5,10,12H,6-9H2,(H,19,21). The highest BCUT2D eigenvalue weighted by molar-refractivity contribution is 5.92. The van der Waals surface area contributed by atoms with Gasteiger partial charge in [-0.3, -0.25) is 9.59 Å². The van der Waals surface area contributed by atoms with E-state index in [4.69, 9.17) is 5.26 Å². The van der Waals surface area contributed by atoms with E-state index in [9.17, 15) is 9.59 Å². The summed E-state index contributed by atoms with van der Waals surface area (Å²) in [5, 5.41) is 20.0. The highest BCUT2D eigenvalue weighted by atomic mass is 16.2. The lowest BCUT2D eigenvalue weighted by Crippen LogP contribution is -2.48. The Morgan fingerprint density at radius 2 is 1.96 bits per heavy atom. The molecule has 0 bridgehead atoms. The van der Waals surface area contributed by atoms with Crippen molar-refractivity contribution in [2.75, 3.05) is 31.5 Å². The van der Waals surface area contributed by atoms with Crippen LogP contribution in [0.25, 0.3) is 0 Å². The lowest BCUT2D eigenvalue weighted by molar-refractivity contribution is -0.119. The zero-order valence-corrected chi connectivity index (χ0v) is 13.4. The van der Waals surface area contributed by atoms with Crippen LogP contribution in [0.3, 0.4) is 0 Å². The van der Waals surface area contributed by atoms with Gasteiger partial charge in [0.1, 0.15) is 0 Å². The number of hydrogen-bond donors (Lipinski definition) is 1. The van der Waals surface area contributed by atoms with Crippen LogP contribution < -0.4 is 5.32 Å². The van der Waals surface area contributed by atoms with Crippen molar-refractivity contribution in [3.05, 3.63) is 47.7 Å². The van der Waals surface area contributed by atoms with E-state index in [0.29, 0.717) is 37.6 Å². The minimum absolute atomic E-state index is 0.198. The number of benzene rings is 1. The molecule has 0 aliphatic carbocycles. The van der Waals surface area contributed by atoms with Gasteiger partial charge in [0.05, 0.1) is 11.6 Å². The summed E-state index contributed by atoms with van der Waals surface area (Å²) in [6.45, 7) is 2.02. The van der Waals surface area contributed by atoms with E-state index in [1.54, 1.807) is 40.1 Å². The molecule has 0 atom stereocenters. The fraction of sp³-hybridized carbons (Fsp3) is 0.235. The predicted octanol–water partition coefficient (Wildman–Crippen LogP) is 1.01. The van der Waals surface area contributed by atoms with Crippen LogP contribution in [0.4, 0.5) is 11.5 Å². The van der Waals surface area contributed by atoms with Gasteiger partial charge < -0.3 is 15.1 Å². The van der Waals surface area contributed by atoms with E-state index in [0.717, 1.165) is 12.1 Å². The number of nitriles is 1. The number of carbonyl (C=O) groups excluding carboxylic acids is 2. The number of hydrogen-bond acceptors (Lipinski definition) is 6. The topological polar surface area (TPSA) is 102 Å². The third-order valence-electron chi connectivity index (χ3n) is 3.90. The number of rotatable bonds is 4. The van der Waals surface area contributed by atoms with Crippen molar-refractivity contribution in [3.63, 3.8) is 0 Å². The Kier molecular flexibility index (Phi) is 4.85. The van der Waals surface area contributed by atoms with Gasteiger partial charge in [-0.05, 0) is 30.3 Å². The molecule has 1 aliphatic rings. The number of amides is 2. The van der Waals surface area contributed by atoms with E-state index in [-0.39, 0.29) is 11.6 Å². The molecule has 2 aromatic rings. The number of anilines is 2. The van der Waals surface area contributed by atoms with Crippen molar-refractivity contribution in [3.8, 4) is 6.07 Å². The summed E-state index contributed by atoms with van der Waals surface area (Å²) in [6, 6.07) is 12.3. The number of nitrogens with one attached hydrogen (secondary N) is 1. The minimum atomic E-state index is -0.198. The fourth-order valence-corrected chi connectivity index (χ4v) is 2.52. The molecule has 0 radical (unpaired) electrons. The third kappa shape index (κ3) is 3.90. The molecule has 8 nitrogen and oxygen atoms in total. The quantitative estimate of drug-likeness (QED) is 0.836. The SMILES string of the molecule is N#Cc1cccc(Nc2ccc(C(=O)N3CCN(C=O)CC3)nn2)c1. The van der Waals surface area contributed by atoms with Crippen LogP contribution in [0.2, 0.25) is 0 Å². The molecule has 2 amide bonds. The van der Waals surface area contributed by atoms with Gasteiger partial charge in [0.25, 0.3) is 5.91 Å². The van der Waals surface area contributed by atoms with Gasteiger partial charge in [0.15, 0.2) is 11.5 Å². The van der Waals surface area contributed by atoms with E-state index in [1.807, 2.05) is 6.07 Å². The van der Waals surface area contributed by atoms with Crippen LogP contribution in [0, 0.1) is 11.3 Å². The van der Waals surface area contributed by atoms with Crippen molar-refractivity contribution in [2.24, 2.45) is 0 Å². The van der Waals surface area contributed by atoms with Crippen molar-refractivity contribution in [2.45, 2.75) is 0 Å². The monoisotopic (exact) mass is 336 g/mol. The third-order valence-corrected chi connectivity index (χ3v) is 3.90. The first-order chi connectivity index (χ1) is 12.2. The summed E-state index contributed by atoms with van der Waals surface area (Å²) in [4.78, 5) is 26.4. The van der Waals surface area contributed by atoms with Crippen LogP contribution in [-0.4, -0.2) is 58.5 Å². The van der Waals surface area contributed by atoms with E-state index < -0.39 is 0 Å². The molecule has 1 aliphatic heterocycles. The number of nitrogens with zero attached hydrogens (tertiary/aromatic N) is 5. The Bertz CT molecular complexity index is 807. The average Bonchev–Trinajstić information content (AvgIpc) is 2.68. The molecule has 0 saturated carbocycles. The maximum absolute atomic E-state index is 12.4. The Balaban J connectivity index is 1.64. The highest BCUT2D eigenvalue weighted by Gasteiger charge is 2.22. The predicted molar refractivity (Wildman–Crippen MR) is 90.0 cm³/mol. The second kappa shape index (κ2) is 7.40. The van der Waals surface area contributed by atoms with E-state index >= 15 is 0 Å². The van der Waals surface area contributed by atoms with Crippen LogP contribution in [0.1, 0.15) is 16.1 Å². The Labute approximate surface area is 144 Å². The Morgan fingerprint density at radius 1 is 1.16 bits per heavy atom. The first-order valence-corrected chi connectivity index (χ1v) is 7.79. The molecule has 25 heavy (non-hydrogen) atoms. The number of piperazine rings is 1. The molecule has 0 spiro atoms. The summed E-state index contributed by atoms with van der Waals surface area (Å²) in [5.74, 6) is 0.286. The molecular weight excluding hydrogens is 320 g/mol. The molecule has 1 fully saturated rings. The largest absolute Gasteiger partial charge is 0.342 e. The van der Waals surface area contributed by atoms with Crippen LogP contribution in [-0.2, 0) is 4.79 Å². The number of carbonyl (C=O) groups is 2. The lowest BCUT2D eigenvalue weighted by atomic mass is 10.2. The molecule has 126 valence electrons. The smallest absolute Gasteiger partial charge is 0.274 e. The minimum Gasteiger partial charge on any atom is -0.342 e. The first-order valence-electron chi connectivity index (χ1n) is 7.79. The van der Waals surface area contributed by atoms with Crippen molar-refractivity contribution >= 4 is 23.8 Å². The summed E-state index contributed by atoms with van der Waals surface area (Å²) in [7, 11) is 0. The highest BCUT2D eigenvalue weighted by Crippen LogP contribution is 2.15. The second-order valence-electron chi connectivity index (χ2n) is 5.56. The van der Waals surface area contributed by atoms with Crippen molar-refractivity contribution in [1.82, 2.24) is 20.0 Å². The molecule has 3 rings (SSSR count). The normalized spacial score (nSPS) is 13.9. The van der Waals surface area contributed by atoms with Crippen molar-refractivity contribution in [1.29, 1.82) is 5.26 Å². The maximum atomic E-state index is 12.4. The molecule has 1 aromatic heterocycles. The fourth-order valence-electron chi connectivity index (χ4n) is 2.52. The van der Waals surface area contributed by atoms with Gasteiger partial charge in [0, 0.05) is 31.9 Å². The first kappa shape index (κ1) is 16.4. The molecule has 1 aromatic carbocycles. The van der Waals surface area contributed by atoms with Gasteiger partial charge in [-0.25, -0.2) is 0 Å². The maximum Gasteiger partial charge on any atom is 0.274 e. The zero-order chi connectivity index (χ0) is 17.6. The average molecular weight is 336 g/mol. The lowest BCUT2D eigenvalue weighted by Gasteiger charge is -2.32. The van der Waals surface area contributed by atoms with Crippen LogP contribution >= 0.6 is 0 Å². The molecule has 1 N–H and O–H groups in total. The van der Waals surface area contributed by atoms with Gasteiger partial charge >= 0.3 is 0 Å². The summed E-state index contributed by atoms with van der Waals surface area (Å²) >= 11 is 0. The molecule has 2 heterocycles. The van der Waals surface area contributed by atoms with E-state index in [1.165, 1.54) is 0 Å². The Hall–Kier alpha value is -3.47. The van der Waals surface area contributed by atoms with Gasteiger partial charge in [-0.1, -0.05) is 6.07 Å². The second-order valence-corrected chi connectivity index (χ2v) is 5.56. The van der Waals surface area contributed by atoms with Crippen LogP contribution in [0.15, 0.2) is 36.4 Å². The molecule has 8 heteroatoms. The summed E-state index contributed by atoms with van der Waals surface area (Å²) in [6.07, 6.45) is 0.795. The van der Waals surface area contributed by atoms with E-state index in [2.05, 4.69) is 21.6 Å². The molecule has 0 unspecified atom stereocenters. The number of aromatic nitrogens is 2. The zero-order valence-electron chi connectivity index (χ0n) is 13.4. The summed E-state index contributed by atoms with van der Waals surface area (Å²) < 4.78 is 0. The van der Waals surface area contributed by atoms with Gasteiger partial charge in [-0.2, -0.15) is 5.26 Å². The Morgan fingerprint density at radius 3 is 2.60 bits per heavy atom. The van der Waals surface area contributed by atoms with Crippen LogP contribution in [0.5, 0.6) is 0 Å². The molecular formula is C17H16N6O2. The van der Waals surface area contributed by atoms with Crippen molar-refractivity contribution < 1.29 is 9.59 Å². The van der Waals surface area contributed by atoms with Gasteiger partial charge in [0.2, 0.25) is 6.41 Å².